The highest BCUT2D eigenvalue weighted by atomic mass is 19.4. The second kappa shape index (κ2) is 8.45. The van der Waals surface area contributed by atoms with E-state index in [0.29, 0.717) is 0 Å². The van der Waals surface area contributed by atoms with Gasteiger partial charge in [0.2, 0.25) is 0 Å². The first-order chi connectivity index (χ1) is 14.9. The summed E-state index contributed by atoms with van der Waals surface area (Å²) in [5.74, 6) is -6.72. The minimum atomic E-state index is -4.84. The summed E-state index contributed by atoms with van der Waals surface area (Å²) in [4.78, 5) is 28.4. The molecule has 32 heavy (non-hydrogen) atoms. The SMILES string of the molecule is COC(=O)c1cc(NC(=O)[C@@H]2O[C@@](C)(C(F)(F)F)[C@@H](C)[C@H]2c2ccc(F)c(F)c2)ccn1. The third kappa shape index (κ3) is 4.16. The standard InChI is InChI=1S/C21H19F5N2O4/c1-10-16(11-4-5-13(22)14(23)8-11)17(32-20(10,2)21(24,25)26)18(29)28-12-6-7-27-15(9-12)19(30)31-3/h4-10,16-17H,1-3H3,(H,27,28,29)/t10-,16-,17+,20+/m0/s1. The van der Waals surface area contributed by atoms with E-state index < -0.39 is 53.2 Å². The molecule has 1 N–H and O–H groups in total. The van der Waals surface area contributed by atoms with Gasteiger partial charge in [0.1, 0.15) is 11.8 Å². The predicted molar refractivity (Wildman–Crippen MR) is 102 cm³/mol. The summed E-state index contributed by atoms with van der Waals surface area (Å²) in [5, 5.41) is 2.39. The minimum Gasteiger partial charge on any atom is -0.464 e. The number of ether oxygens (including phenoxy) is 2. The minimum absolute atomic E-state index is 0.0190. The molecule has 0 bridgehead atoms. The molecule has 1 aliphatic heterocycles. The number of aromatic nitrogens is 1. The fourth-order valence-corrected chi connectivity index (χ4v) is 3.71. The Labute approximate surface area is 179 Å². The Bertz CT molecular complexity index is 1050. The second-order valence-corrected chi connectivity index (χ2v) is 7.54. The van der Waals surface area contributed by atoms with Gasteiger partial charge in [-0.15, -0.1) is 0 Å². The van der Waals surface area contributed by atoms with Gasteiger partial charge in [-0.25, -0.2) is 18.6 Å². The van der Waals surface area contributed by atoms with Crippen molar-refractivity contribution >= 4 is 17.6 Å². The van der Waals surface area contributed by atoms with Crippen LogP contribution in [0.1, 0.15) is 35.8 Å². The van der Waals surface area contributed by atoms with Crippen molar-refractivity contribution < 1.29 is 41.0 Å². The van der Waals surface area contributed by atoms with Crippen molar-refractivity contribution in [2.75, 3.05) is 12.4 Å². The molecule has 1 aromatic heterocycles. The molecular formula is C21H19F5N2O4. The molecule has 0 aliphatic carbocycles. The van der Waals surface area contributed by atoms with Crippen molar-refractivity contribution in [1.82, 2.24) is 4.98 Å². The number of halogens is 5. The quantitative estimate of drug-likeness (QED) is 0.548. The number of hydrogen-bond acceptors (Lipinski definition) is 5. The van der Waals surface area contributed by atoms with Crippen LogP contribution in [-0.2, 0) is 14.3 Å². The maximum atomic E-state index is 13.8. The van der Waals surface area contributed by atoms with Crippen LogP contribution in [0.2, 0.25) is 0 Å². The monoisotopic (exact) mass is 458 g/mol. The van der Waals surface area contributed by atoms with Gasteiger partial charge in [-0.1, -0.05) is 13.0 Å². The van der Waals surface area contributed by atoms with E-state index in [4.69, 9.17) is 4.74 Å². The van der Waals surface area contributed by atoms with E-state index in [9.17, 15) is 31.5 Å². The van der Waals surface area contributed by atoms with Gasteiger partial charge in [-0.3, -0.25) is 4.79 Å². The number of benzene rings is 1. The number of carbonyl (C=O) groups excluding carboxylic acids is 2. The summed E-state index contributed by atoms with van der Waals surface area (Å²) in [5.41, 5.74) is -2.82. The van der Waals surface area contributed by atoms with Crippen molar-refractivity contribution in [3.63, 3.8) is 0 Å². The van der Waals surface area contributed by atoms with Gasteiger partial charge in [0, 0.05) is 23.7 Å². The zero-order chi connectivity index (χ0) is 23.8. The van der Waals surface area contributed by atoms with Crippen molar-refractivity contribution in [3.05, 3.63) is 59.4 Å². The number of esters is 1. The maximum Gasteiger partial charge on any atom is 0.417 e. The Hall–Kier alpha value is -3.08. The van der Waals surface area contributed by atoms with Crippen LogP contribution in [0.25, 0.3) is 0 Å². The zero-order valence-electron chi connectivity index (χ0n) is 17.2. The summed E-state index contributed by atoms with van der Waals surface area (Å²) < 4.78 is 78.5. The molecule has 2 heterocycles. The number of methoxy groups -OCH3 is 1. The van der Waals surface area contributed by atoms with Gasteiger partial charge >= 0.3 is 12.1 Å². The van der Waals surface area contributed by atoms with Crippen LogP contribution in [0.4, 0.5) is 27.6 Å². The zero-order valence-corrected chi connectivity index (χ0v) is 17.2. The molecule has 3 rings (SSSR count). The molecule has 0 spiro atoms. The lowest BCUT2D eigenvalue weighted by Gasteiger charge is -2.31. The smallest absolute Gasteiger partial charge is 0.417 e. The summed E-state index contributed by atoms with van der Waals surface area (Å²) in [6.45, 7) is 2.04. The largest absolute Gasteiger partial charge is 0.464 e. The van der Waals surface area contributed by atoms with Crippen LogP contribution in [0.5, 0.6) is 0 Å². The molecule has 4 atom stereocenters. The molecule has 11 heteroatoms. The van der Waals surface area contributed by atoms with E-state index in [2.05, 4.69) is 15.0 Å². The number of amides is 1. The third-order valence-electron chi connectivity index (χ3n) is 5.68. The van der Waals surface area contributed by atoms with Crippen molar-refractivity contribution in [2.45, 2.75) is 37.6 Å². The van der Waals surface area contributed by atoms with Crippen LogP contribution in [0, 0.1) is 17.6 Å². The Morgan fingerprint density at radius 3 is 2.44 bits per heavy atom. The number of nitrogens with one attached hydrogen (secondary N) is 1. The molecule has 0 saturated carbocycles. The van der Waals surface area contributed by atoms with Gasteiger partial charge in [0.25, 0.3) is 5.91 Å². The Balaban J connectivity index is 1.98. The van der Waals surface area contributed by atoms with Crippen LogP contribution < -0.4 is 5.32 Å². The van der Waals surface area contributed by atoms with E-state index in [1.165, 1.54) is 25.3 Å². The molecule has 1 amide bonds. The lowest BCUT2D eigenvalue weighted by atomic mass is 9.77. The molecule has 2 aromatic rings. The number of alkyl halides is 3. The highest BCUT2D eigenvalue weighted by Gasteiger charge is 2.65. The number of anilines is 1. The Kier molecular flexibility index (Phi) is 6.23. The van der Waals surface area contributed by atoms with Crippen molar-refractivity contribution in [1.29, 1.82) is 0 Å². The lowest BCUT2D eigenvalue weighted by molar-refractivity contribution is -0.272. The van der Waals surface area contributed by atoms with Crippen LogP contribution in [-0.4, -0.2) is 41.9 Å². The average molecular weight is 458 g/mol. The highest BCUT2D eigenvalue weighted by Crippen LogP contribution is 2.53. The molecule has 1 aromatic carbocycles. The average Bonchev–Trinajstić information content (AvgIpc) is 3.02. The number of pyridine rings is 1. The van der Waals surface area contributed by atoms with E-state index in [1.54, 1.807) is 0 Å². The molecule has 0 unspecified atom stereocenters. The summed E-state index contributed by atoms with van der Waals surface area (Å²) in [6, 6.07) is 5.15. The van der Waals surface area contributed by atoms with E-state index in [-0.39, 0.29) is 16.9 Å². The first-order valence-corrected chi connectivity index (χ1v) is 9.43. The fourth-order valence-electron chi connectivity index (χ4n) is 3.71. The number of hydrogen-bond donors (Lipinski definition) is 1. The van der Waals surface area contributed by atoms with Crippen LogP contribution in [0.15, 0.2) is 36.5 Å². The number of carbonyl (C=O) groups is 2. The summed E-state index contributed by atoms with van der Waals surface area (Å²) in [6.07, 6.45) is -5.32. The van der Waals surface area contributed by atoms with Gasteiger partial charge in [-0.2, -0.15) is 13.2 Å². The predicted octanol–water partition coefficient (Wildman–Crippen LogP) is 4.22. The molecular weight excluding hydrogens is 439 g/mol. The van der Waals surface area contributed by atoms with Crippen LogP contribution in [0.3, 0.4) is 0 Å². The van der Waals surface area contributed by atoms with Crippen molar-refractivity contribution in [3.8, 4) is 0 Å². The first kappa shape index (κ1) is 23.6. The number of nitrogens with zero attached hydrogens (tertiary/aromatic N) is 1. The molecule has 172 valence electrons. The van der Waals surface area contributed by atoms with E-state index in [0.717, 1.165) is 32.2 Å². The van der Waals surface area contributed by atoms with E-state index >= 15 is 0 Å². The van der Waals surface area contributed by atoms with Gasteiger partial charge in [0.15, 0.2) is 17.2 Å². The molecule has 1 saturated heterocycles. The Morgan fingerprint density at radius 2 is 1.84 bits per heavy atom. The molecule has 1 aliphatic rings. The second-order valence-electron chi connectivity index (χ2n) is 7.54. The normalized spacial score (nSPS) is 25.4. The fraction of sp³-hybridized carbons (Fsp3) is 0.381. The highest BCUT2D eigenvalue weighted by molar-refractivity contribution is 5.96. The van der Waals surface area contributed by atoms with Crippen LogP contribution >= 0.6 is 0 Å². The first-order valence-electron chi connectivity index (χ1n) is 9.43. The van der Waals surface area contributed by atoms with Gasteiger partial charge in [0.05, 0.1) is 7.11 Å². The lowest BCUT2D eigenvalue weighted by Crippen LogP contribution is -2.47. The third-order valence-corrected chi connectivity index (χ3v) is 5.68. The van der Waals surface area contributed by atoms with E-state index in [1.807, 2.05) is 0 Å². The number of rotatable bonds is 4. The van der Waals surface area contributed by atoms with Crippen molar-refractivity contribution in [2.24, 2.45) is 5.92 Å². The molecule has 1 fully saturated rings. The van der Waals surface area contributed by atoms with Gasteiger partial charge < -0.3 is 14.8 Å². The Morgan fingerprint density at radius 1 is 1.16 bits per heavy atom. The maximum absolute atomic E-state index is 13.8. The summed E-state index contributed by atoms with van der Waals surface area (Å²) >= 11 is 0. The molecule has 6 nitrogen and oxygen atoms in total. The molecule has 0 radical (unpaired) electrons. The summed E-state index contributed by atoms with van der Waals surface area (Å²) in [7, 11) is 1.13. The topological polar surface area (TPSA) is 77.5 Å². The van der Waals surface area contributed by atoms with Gasteiger partial charge in [-0.05, 0) is 36.8 Å².